The monoisotopic (exact) mass is 785 g/mol. The lowest BCUT2D eigenvalue weighted by Gasteiger charge is -2.42. The fourth-order valence-corrected chi connectivity index (χ4v) is 9.06. The van der Waals surface area contributed by atoms with Crippen LogP contribution in [0.4, 0.5) is 13.2 Å². The van der Waals surface area contributed by atoms with Gasteiger partial charge in [-0.15, -0.1) is 11.3 Å². The molecule has 6 rings (SSSR count). The van der Waals surface area contributed by atoms with Gasteiger partial charge in [-0.25, -0.2) is 18.2 Å². The summed E-state index contributed by atoms with van der Waals surface area (Å²) in [7, 11) is -3.93. The number of carboxylic acid groups (broad SMARTS) is 1. The van der Waals surface area contributed by atoms with E-state index in [9.17, 15) is 26.4 Å². The minimum atomic E-state index is -5.08. The summed E-state index contributed by atoms with van der Waals surface area (Å²) in [5.41, 5.74) is 7.97. The van der Waals surface area contributed by atoms with Crippen molar-refractivity contribution in [2.45, 2.75) is 74.6 Å². The lowest BCUT2D eigenvalue weighted by molar-refractivity contribution is -0.192. The third kappa shape index (κ3) is 10.7. The third-order valence-electron chi connectivity index (χ3n) is 9.49. The number of carbonyl (C=O) groups is 2. The zero-order valence-electron chi connectivity index (χ0n) is 28.5. The molecule has 2 saturated heterocycles. The zero-order valence-corrected chi connectivity index (χ0v) is 30.9. The number of nitrogens with two attached hydrogens (primary N) is 1. The van der Waals surface area contributed by atoms with Crippen molar-refractivity contribution in [3.05, 3.63) is 63.9 Å². The molecule has 1 atom stereocenters. The molecular formula is C35H43ClF3N5O6S2. The molecule has 1 saturated carbocycles. The number of thiazole rings is 1. The van der Waals surface area contributed by atoms with Crippen LogP contribution >= 0.6 is 22.9 Å². The molecule has 0 spiro atoms. The number of carbonyl (C=O) groups excluding carboxylic acids is 1. The van der Waals surface area contributed by atoms with E-state index in [1.165, 1.54) is 36.4 Å². The fraction of sp³-hybridized carbons (Fsp3) is 0.514. The molecule has 0 radical (unpaired) electrons. The molecule has 1 aliphatic carbocycles. The second-order valence-corrected chi connectivity index (χ2v) is 16.5. The second kappa shape index (κ2) is 17.7. The number of likely N-dealkylation sites (tertiary alicyclic amines) is 1. The Morgan fingerprint density at radius 3 is 2.21 bits per heavy atom. The van der Waals surface area contributed by atoms with Crippen molar-refractivity contribution < 1.29 is 41.0 Å². The van der Waals surface area contributed by atoms with Gasteiger partial charge in [0.05, 0.1) is 23.7 Å². The van der Waals surface area contributed by atoms with E-state index >= 15 is 0 Å². The smallest absolute Gasteiger partial charge is 0.490 e. The van der Waals surface area contributed by atoms with Gasteiger partial charge in [0, 0.05) is 54.7 Å². The van der Waals surface area contributed by atoms with Crippen molar-refractivity contribution in [2.75, 3.05) is 39.3 Å². The summed E-state index contributed by atoms with van der Waals surface area (Å²) in [6.07, 6.45) is 2.50. The van der Waals surface area contributed by atoms with E-state index in [1.54, 1.807) is 40.5 Å². The van der Waals surface area contributed by atoms with Crippen molar-refractivity contribution in [1.82, 2.24) is 19.1 Å². The molecule has 2 aliphatic heterocycles. The highest BCUT2D eigenvalue weighted by Gasteiger charge is 2.42. The minimum Gasteiger partial charge on any atom is -0.493 e. The van der Waals surface area contributed by atoms with Gasteiger partial charge in [-0.05, 0) is 68.0 Å². The van der Waals surface area contributed by atoms with Crippen LogP contribution in [0.25, 0.3) is 11.3 Å². The Bertz CT molecular complexity index is 1750. The van der Waals surface area contributed by atoms with Crippen LogP contribution in [-0.2, 0) is 26.2 Å². The van der Waals surface area contributed by atoms with Gasteiger partial charge in [0.1, 0.15) is 16.8 Å². The first-order valence-corrected chi connectivity index (χ1v) is 19.9. The molecule has 1 amide bonds. The second-order valence-electron chi connectivity index (χ2n) is 13.3. The van der Waals surface area contributed by atoms with Crippen molar-refractivity contribution >= 4 is 44.8 Å². The molecule has 3 fully saturated rings. The molecule has 3 aliphatic rings. The lowest BCUT2D eigenvalue weighted by Crippen LogP contribution is -2.61. The van der Waals surface area contributed by atoms with Gasteiger partial charge in [0.2, 0.25) is 15.9 Å². The van der Waals surface area contributed by atoms with Crippen molar-refractivity contribution in [2.24, 2.45) is 11.7 Å². The quantitative estimate of drug-likeness (QED) is 0.272. The number of piperidine rings is 1. The number of alkyl halides is 3. The van der Waals surface area contributed by atoms with Crippen LogP contribution in [0.1, 0.15) is 50.0 Å². The van der Waals surface area contributed by atoms with Crippen LogP contribution in [0.2, 0.25) is 5.02 Å². The summed E-state index contributed by atoms with van der Waals surface area (Å²) in [5.74, 6) is -1.69. The molecule has 17 heteroatoms. The molecule has 3 heterocycles. The number of aromatic nitrogens is 1. The minimum absolute atomic E-state index is 0.0651. The number of carboxylic acids is 1. The molecule has 0 bridgehead atoms. The summed E-state index contributed by atoms with van der Waals surface area (Å²) >= 11 is 7.61. The van der Waals surface area contributed by atoms with Gasteiger partial charge in [0.15, 0.2) is 0 Å². The van der Waals surface area contributed by atoms with Crippen molar-refractivity contribution in [3.63, 3.8) is 0 Å². The van der Waals surface area contributed by atoms with E-state index in [-0.39, 0.29) is 23.4 Å². The maximum Gasteiger partial charge on any atom is 0.490 e. The molecule has 2 aromatic carbocycles. The van der Waals surface area contributed by atoms with Crippen LogP contribution in [0.15, 0.2) is 58.8 Å². The van der Waals surface area contributed by atoms with Gasteiger partial charge >= 0.3 is 12.1 Å². The predicted molar refractivity (Wildman–Crippen MR) is 192 cm³/mol. The highest BCUT2D eigenvalue weighted by molar-refractivity contribution is 7.89. The Balaban J connectivity index is 0.000000679. The Morgan fingerprint density at radius 1 is 0.962 bits per heavy atom. The Kier molecular flexibility index (Phi) is 13.6. The van der Waals surface area contributed by atoms with Gasteiger partial charge in [-0.1, -0.05) is 43.0 Å². The molecule has 3 N–H and O–H groups in total. The fourth-order valence-electron chi connectivity index (χ4n) is 6.53. The van der Waals surface area contributed by atoms with E-state index < -0.39 is 28.2 Å². The summed E-state index contributed by atoms with van der Waals surface area (Å²) in [6, 6.07) is 13.5. The Morgan fingerprint density at radius 2 is 1.60 bits per heavy atom. The van der Waals surface area contributed by atoms with Gasteiger partial charge in [-0.3, -0.25) is 9.69 Å². The molecule has 3 aromatic rings. The van der Waals surface area contributed by atoms with E-state index in [2.05, 4.69) is 4.90 Å². The predicted octanol–water partition coefficient (Wildman–Crippen LogP) is 5.88. The average Bonchev–Trinajstić information content (AvgIpc) is 3.60. The number of aliphatic carboxylic acids is 1. The molecule has 1 aromatic heterocycles. The number of sulfonamides is 1. The number of ether oxygens (including phenoxy) is 1. The van der Waals surface area contributed by atoms with Crippen LogP contribution in [-0.4, -0.2) is 102 Å². The lowest BCUT2D eigenvalue weighted by atomic mass is 9.90. The number of amides is 1. The van der Waals surface area contributed by atoms with E-state index in [4.69, 9.17) is 37.0 Å². The van der Waals surface area contributed by atoms with Crippen LogP contribution in [0.3, 0.4) is 0 Å². The molecule has 52 heavy (non-hydrogen) atoms. The number of halogens is 4. The van der Waals surface area contributed by atoms with Crippen molar-refractivity contribution in [3.8, 4) is 17.0 Å². The van der Waals surface area contributed by atoms with Gasteiger partial charge in [-0.2, -0.15) is 17.5 Å². The Hall–Kier alpha value is -3.28. The number of benzene rings is 2. The number of piperazine rings is 1. The average molecular weight is 786 g/mol. The SMILES string of the molecule is NC1CCN(C(=O)C2CN(Cc3nc(-c4ccc(Cl)cc4)cs3)CCN2S(=O)(=O)c2ccc(OCC3CCCCC3)cc2)CC1.O=C(O)C(F)(F)F. The van der Waals surface area contributed by atoms with Gasteiger partial charge < -0.3 is 20.5 Å². The first-order valence-electron chi connectivity index (χ1n) is 17.2. The summed E-state index contributed by atoms with van der Waals surface area (Å²) in [6.45, 7) is 3.26. The van der Waals surface area contributed by atoms with E-state index in [1.807, 2.05) is 29.6 Å². The Labute approximate surface area is 310 Å². The third-order valence-corrected chi connectivity index (χ3v) is 12.5. The van der Waals surface area contributed by atoms with Crippen LogP contribution < -0.4 is 10.5 Å². The summed E-state index contributed by atoms with van der Waals surface area (Å²) < 4.78 is 67.3. The first-order chi connectivity index (χ1) is 24.7. The number of hydrogen-bond acceptors (Lipinski definition) is 9. The standard InChI is InChI=1S/C33H42ClN5O4S2.C2HF3O2/c34-26-8-6-25(7-9-26)30-23-44-32(36-30)21-37-18-19-39(31(20-37)33(40)38-16-14-27(35)15-17-38)45(41,42)29-12-10-28(11-13-29)43-22-24-4-2-1-3-5-24;3-2(4,5)1(6)7/h6-13,23-24,27,31H,1-5,14-22,35H2;(H,6,7). The van der Waals surface area contributed by atoms with E-state index in [0.29, 0.717) is 68.9 Å². The molecule has 11 nitrogen and oxygen atoms in total. The molecule has 1 unspecified atom stereocenters. The normalized spacial score (nSPS) is 19.9. The van der Waals surface area contributed by atoms with Crippen LogP contribution in [0.5, 0.6) is 5.75 Å². The van der Waals surface area contributed by atoms with Gasteiger partial charge in [0.25, 0.3) is 0 Å². The summed E-state index contributed by atoms with van der Waals surface area (Å²) in [5, 5.41) is 10.7. The number of nitrogens with zero attached hydrogens (tertiary/aromatic N) is 4. The van der Waals surface area contributed by atoms with E-state index in [0.717, 1.165) is 16.3 Å². The largest absolute Gasteiger partial charge is 0.493 e. The first kappa shape index (κ1) is 39.9. The highest BCUT2D eigenvalue weighted by atomic mass is 35.5. The van der Waals surface area contributed by atoms with Crippen LogP contribution in [0, 0.1) is 5.92 Å². The zero-order chi connectivity index (χ0) is 37.5. The summed E-state index contributed by atoms with van der Waals surface area (Å²) in [4.78, 5) is 31.8. The molecular weight excluding hydrogens is 743 g/mol. The maximum atomic E-state index is 14.1. The topological polar surface area (TPSA) is 146 Å². The maximum absolute atomic E-state index is 14.1. The molecule has 284 valence electrons. The number of hydrogen-bond donors (Lipinski definition) is 2. The van der Waals surface area contributed by atoms with Crippen molar-refractivity contribution in [1.29, 1.82) is 0 Å². The number of rotatable bonds is 9. The highest BCUT2D eigenvalue weighted by Crippen LogP contribution is 2.29.